The number of aromatic nitrogens is 1. The average Bonchev–Trinajstić information content (AvgIpc) is 2.44. The lowest BCUT2D eigenvalue weighted by Gasteiger charge is -2.14. The van der Waals surface area contributed by atoms with E-state index in [-0.39, 0.29) is 11.9 Å². The number of pyridine rings is 1. The van der Waals surface area contributed by atoms with Crippen molar-refractivity contribution in [1.29, 1.82) is 0 Å². The number of amides is 1. The van der Waals surface area contributed by atoms with E-state index in [2.05, 4.69) is 22.5 Å². The highest BCUT2D eigenvalue weighted by Gasteiger charge is 2.14. The number of halogens is 1. The molecule has 1 heterocycles. The van der Waals surface area contributed by atoms with E-state index in [4.69, 9.17) is 11.6 Å². The Balaban J connectivity index is 2.69. The molecule has 2 N–H and O–H groups in total. The molecule has 0 aliphatic carbocycles. The minimum absolute atomic E-state index is 0.0577. The van der Waals surface area contributed by atoms with Crippen LogP contribution in [-0.2, 0) is 10.8 Å². The molecule has 0 saturated carbocycles. The fraction of sp³-hybridized carbons (Fsp3) is 0.571. The van der Waals surface area contributed by atoms with Gasteiger partial charge in [-0.1, -0.05) is 18.5 Å². The summed E-state index contributed by atoms with van der Waals surface area (Å²) in [5.41, 5.74) is 0.398. The van der Waals surface area contributed by atoms with E-state index >= 15 is 0 Å². The predicted octanol–water partition coefficient (Wildman–Crippen LogP) is 2.44. The lowest BCUT2D eigenvalue weighted by molar-refractivity contribution is 0.0939. The third kappa shape index (κ3) is 6.44. The molecular formula is C14H22ClN3O2S. The van der Waals surface area contributed by atoms with Crippen molar-refractivity contribution >= 4 is 34.1 Å². The SMILES string of the molecule is CCCNc1cc(C(=O)NC(C)CCS(C)=O)c(Cl)cn1. The molecule has 0 saturated heterocycles. The van der Waals surface area contributed by atoms with Gasteiger partial charge < -0.3 is 10.6 Å². The van der Waals surface area contributed by atoms with Crippen LogP contribution in [0.25, 0.3) is 0 Å². The van der Waals surface area contributed by atoms with E-state index in [9.17, 15) is 9.00 Å². The van der Waals surface area contributed by atoms with Crippen molar-refractivity contribution < 1.29 is 9.00 Å². The quantitative estimate of drug-likeness (QED) is 0.767. The van der Waals surface area contributed by atoms with Crippen molar-refractivity contribution in [1.82, 2.24) is 10.3 Å². The van der Waals surface area contributed by atoms with Gasteiger partial charge in [0, 0.05) is 41.6 Å². The minimum atomic E-state index is -0.855. The summed E-state index contributed by atoms with van der Waals surface area (Å²) in [5.74, 6) is 0.958. The molecule has 0 bridgehead atoms. The highest BCUT2D eigenvalue weighted by molar-refractivity contribution is 7.84. The first-order valence-corrected chi connectivity index (χ1v) is 9.04. The first-order chi connectivity index (χ1) is 9.93. The number of anilines is 1. The molecule has 1 rings (SSSR count). The highest BCUT2D eigenvalue weighted by Crippen LogP contribution is 2.18. The molecule has 7 heteroatoms. The molecular weight excluding hydrogens is 310 g/mol. The van der Waals surface area contributed by atoms with Gasteiger partial charge in [-0.15, -0.1) is 0 Å². The zero-order chi connectivity index (χ0) is 15.8. The Bertz CT molecular complexity index is 511. The summed E-state index contributed by atoms with van der Waals surface area (Å²) in [5, 5.41) is 6.30. The second-order valence-corrected chi connectivity index (χ2v) is 6.88. The maximum absolute atomic E-state index is 12.2. The number of hydrogen-bond acceptors (Lipinski definition) is 4. The molecule has 118 valence electrons. The van der Waals surface area contributed by atoms with Gasteiger partial charge in [-0.2, -0.15) is 0 Å². The molecule has 0 radical (unpaired) electrons. The molecule has 1 aromatic heterocycles. The van der Waals surface area contributed by atoms with Gasteiger partial charge in [0.1, 0.15) is 5.82 Å². The van der Waals surface area contributed by atoms with E-state index in [1.165, 1.54) is 6.20 Å². The number of nitrogens with zero attached hydrogens (tertiary/aromatic N) is 1. The van der Waals surface area contributed by atoms with Crippen LogP contribution in [0.5, 0.6) is 0 Å². The van der Waals surface area contributed by atoms with Gasteiger partial charge in [-0.25, -0.2) is 4.98 Å². The van der Waals surface area contributed by atoms with Gasteiger partial charge in [0.05, 0.1) is 10.6 Å². The zero-order valence-corrected chi connectivity index (χ0v) is 14.2. The van der Waals surface area contributed by atoms with Crippen LogP contribution in [0.1, 0.15) is 37.0 Å². The van der Waals surface area contributed by atoms with Crippen LogP contribution < -0.4 is 10.6 Å². The summed E-state index contributed by atoms with van der Waals surface area (Å²) in [6.07, 6.45) is 4.76. The molecule has 21 heavy (non-hydrogen) atoms. The number of hydrogen-bond donors (Lipinski definition) is 2. The molecule has 1 aromatic rings. The van der Waals surface area contributed by atoms with Crippen LogP contribution in [0.15, 0.2) is 12.3 Å². The lowest BCUT2D eigenvalue weighted by Crippen LogP contribution is -2.33. The van der Waals surface area contributed by atoms with Gasteiger partial charge in [0.15, 0.2) is 0 Å². The van der Waals surface area contributed by atoms with Gasteiger partial charge in [0.25, 0.3) is 5.91 Å². The Kier molecular flexibility index (Phi) is 7.67. The Labute approximate surface area is 133 Å². The van der Waals surface area contributed by atoms with Crippen molar-refractivity contribution in [3.8, 4) is 0 Å². The number of carbonyl (C=O) groups excluding carboxylic acids is 1. The number of rotatable bonds is 8. The maximum Gasteiger partial charge on any atom is 0.253 e. The standard InChI is InChI=1S/C14H22ClN3O2S/c1-4-6-16-13-8-11(12(15)9-17-13)14(19)18-10(2)5-7-21(3)20/h8-10H,4-7H2,1-3H3,(H,16,17)(H,18,19). The molecule has 0 aromatic carbocycles. The first kappa shape index (κ1) is 17.9. The maximum atomic E-state index is 12.2. The second kappa shape index (κ2) is 9.00. The average molecular weight is 332 g/mol. The van der Waals surface area contributed by atoms with E-state index in [1.807, 2.05) is 6.92 Å². The fourth-order valence-electron chi connectivity index (χ4n) is 1.68. The van der Waals surface area contributed by atoms with Crippen LogP contribution in [0.3, 0.4) is 0 Å². The third-order valence-corrected chi connectivity index (χ3v) is 3.98. The van der Waals surface area contributed by atoms with Crippen molar-refractivity contribution in [3.05, 3.63) is 22.8 Å². The van der Waals surface area contributed by atoms with Crippen LogP contribution in [-0.4, -0.2) is 39.7 Å². The molecule has 1 amide bonds. The topological polar surface area (TPSA) is 71.1 Å². The Morgan fingerprint density at radius 1 is 1.52 bits per heavy atom. The molecule has 0 spiro atoms. The number of carbonyl (C=O) groups is 1. The van der Waals surface area contributed by atoms with Crippen LogP contribution in [0.4, 0.5) is 5.82 Å². The van der Waals surface area contributed by atoms with Gasteiger partial charge >= 0.3 is 0 Å². The first-order valence-electron chi connectivity index (χ1n) is 6.94. The lowest BCUT2D eigenvalue weighted by atomic mass is 10.2. The highest BCUT2D eigenvalue weighted by atomic mass is 35.5. The predicted molar refractivity (Wildman–Crippen MR) is 88.5 cm³/mol. The van der Waals surface area contributed by atoms with E-state index in [0.717, 1.165) is 13.0 Å². The molecule has 2 atom stereocenters. The summed E-state index contributed by atoms with van der Waals surface area (Å²) in [7, 11) is -0.855. The summed E-state index contributed by atoms with van der Waals surface area (Å²) >= 11 is 6.04. The fourth-order valence-corrected chi connectivity index (χ4v) is 2.55. The monoisotopic (exact) mass is 331 g/mol. The summed E-state index contributed by atoms with van der Waals surface area (Å²) < 4.78 is 11.1. The molecule has 0 fully saturated rings. The summed E-state index contributed by atoms with van der Waals surface area (Å²) in [6.45, 7) is 4.72. The van der Waals surface area contributed by atoms with Crippen LogP contribution in [0, 0.1) is 0 Å². The molecule has 2 unspecified atom stereocenters. The van der Waals surface area contributed by atoms with Crippen LogP contribution >= 0.6 is 11.6 Å². The van der Waals surface area contributed by atoms with Crippen molar-refractivity contribution in [2.45, 2.75) is 32.7 Å². The molecule has 0 aliphatic rings. The second-order valence-electron chi connectivity index (χ2n) is 4.92. The van der Waals surface area contributed by atoms with Crippen LogP contribution in [0.2, 0.25) is 5.02 Å². The largest absolute Gasteiger partial charge is 0.370 e. The zero-order valence-electron chi connectivity index (χ0n) is 12.6. The summed E-state index contributed by atoms with van der Waals surface area (Å²) in [6, 6.07) is 1.59. The van der Waals surface area contributed by atoms with E-state index < -0.39 is 10.8 Å². The van der Waals surface area contributed by atoms with Gasteiger partial charge in [0.2, 0.25) is 0 Å². The van der Waals surface area contributed by atoms with E-state index in [1.54, 1.807) is 12.3 Å². The van der Waals surface area contributed by atoms with Gasteiger partial charge in [-0.3, -0.25) is 9.00 Å². The Morgan fingerprint density at radius 2 is 2.24 bits per heavy atom. The smallest absolute Gasteiger partial charge is 0.253 e. The van der Waals surface area contributed by atoms with Crippen molar-refractivity contribution in [2.75, 3.05) is 23.9 Å². The Hall–Kier alpha value is -1.14. The summed E-state index contributed by atoms with van der Waals surface area (Å²) in [4.78, 5) is 16.4. The molecule has 0 aliphatic heterocycles. The minimum Gasteiger partial charge on any atom is -0.370 e. The number of nitrogens with one attached hydrogen (secondary N) is 2. The molecule has 5 nitrogen and oxygen atoms in total. The van der Waals surface area contributed by atoms with Crippen molar-refractivity contribution in [3.63, 3.8) is 0 Å². The normalized spacial score (nSPS) is 13.5. The van der Waals surface area contributed by atoms with E-state index in [0.29, 0.717) is 28.6 Å². The van der Waals surface area contributed by atoms with Gasteiger partial charge in [-0.05, 0) is 25.8 Å². The van der Waals surface area contributed by atoms with Crippen molar-refractivity contribution in [2.24, 2.45) is 0 Å². The Morgan fingerprint density at radius 3 is 2.86 bits per heavy atom. The third-order valence-electron chi connectivity index (χ3n) is 2.87.